The maximum atomic E-state index is 5.74. The van der Waals surface area contributed by atoms with Gasteiger partial charge in [-0.3, -0.25) is 4.99 Å². The molecule has 0 aromatic carbocycles. The van der Waals surface area contributed by atoms with Crippen LogP contribution in [0.5, 0.6) is 0 Å². The molecule has 0 aromatic rings. The van der Waals surface area contributed by atoms with Gasteiger partial charge in [0.15, 0.2) is 0 Å². The predicted molar refractivity (Wildman–Crippen MR) is 122 cm³/mol. The minimum atomic E-state index is 0.287. The molecule has 2 fully saturated rings. The zero-order valence-corrected chi connectivity index (χ0v) is 18.8. The van der Waals surface area contributed by atoms with E-state index >= 15 is 0 Å². The normalized spacial score (nSPS) is 46.4. The summed E-state index contributed by atoms with van der Waals surface area (Å²) >= 11 is 0. The number of rotatable bonds is 2. The molecular formula is C27H36N2O. The van der Waals surface area contributed by atoms with E-state index in [0.717, 1.165) is 30.6 Å². The average Bonchev–Trinajstić information content (AvgIpc) is 3.33. The van der Waals surface area contributed by atoms with Gasteiger partial charge in [-0.25, -0.2) is 0 Å². The lowest BCUT2D eigenvalue weighted by Crippen LogP contribution is -2.51. The van der Waals surface area contributed by atoms with Crippen molar-refractivity contribution < 1.29 is 4.74 Å². The van der Waals surface area contributed by atoms with Crippen molar-refractivity contribution in [2.75, 3.05) is 7.11 Å². The van der Waals surface area contributed by atoms with Gasteiger partial charge in [0.25, 0.3) is 0 Å². The Kier molecular flexibility index (Phi) is 4.26. The number of aliphatic imine (C=N–C) groups is 1. The van der Waals surface area contributed by atoms with Crippen molar-refractivity contribution in [1.29, 1.82) is 0 Å². The lowest BCUT2D eigenvalue weighted by molar-refractivity contribution is -0.0381. The first-order valence-electron chi connectivity index (χ1n) is 12.2. The van der Waals surface area contributed by atoms with Crippen LogP contribution in [-0.2, 0) is 4.74 Å². The van der Waals surface area contributed by atoms with E-state index < -0.39 is 0 Å². The van der Waals surface area contributed by atoms with Gasteiger partial charge in [-0.1, -0.05) is 43.7 Å². The van der Waals surface area contributed by atoms with E-state index in [1.165, 1.54) is 44.2 Å². The third-order valence-electron chi connectivity index (χ3n) is 9.94. The van der Waals surface area contributed by atoms with Gasteiger partial charge in [-0.15, -0.1) is 0 Å². The first-order valence-corrected chi connectivity index (χ1v) is 12.2. The van der Waals surface area contributed by atoms with Crippen LogP contribution in [0.25, 0.3) is 0 Å². The van der Waals surface area contributed by atoms with Gasteiger partial charge in [-0.05, 0) is 80.6 Å². The van der Waals surface area contributed by atoms with Crippen LogP contribution in [0.1, 0.15) is 65.2 Å². The summed E-state index contributed by atoms with van der Waals surface area (Å²) in [5, 5.41) is 0. The quantitative estimate of drug-likeness (QED) is 0.526. The van der Waals surface area contributed by atoms with Crippen LogP contribution in [0.2, 0.25) is 0 Å². The molecule has 30 heavy (non-hydrogen) atoms. The van der Waals surface area contributed by atoms with E-state index in [-0.39, 0.29) is 5.41 Å². The molecule has 1 heterocycles. The van der Waals surface area contributed by atoms with Crippen molar-refractivity contribution in [3.8, 4) is 0 Å². The molecule has 0 amide bonds. The van der Waals surface area contributed by atoms with Crippen LogP contribution < -0.4 is 0 Å². The molecular weight excluding hydrogens is 368 g/mol. The number of ether oxygens (including phenoxy) is 1. The van der Waals surface area contributed by atoms with Crippen molar-refractivity contribution in [3.05, 3.63) is 47.3 Å². The summed E-state index contributed by atoms with van der Waals surface area (Å²) in [6, 6.07) is 0.338. The average molecular weight is 405 g/mol. The highest BCUT2D eigenvalue weighted by molar-refractivity contribution is 5.68. The number of methoxy groups -OCH3 is 1. The minimum Gasteiger partial charge on any atom is -0.381 e. The first-order chi connectivity index (χ1) is 14.5. The maximum absolute atomic E-state index is 5.74. The topological polar surface area (TPSA) is 24.8 Å². The molecule has 0 radical (unpaired) electrons. The van der Waals surface area contributed by atoms with Gasteiger partial charge in [0, 0.05) is 23.9 Å². The lowest BCUT2D eigenvalue weighted by Gasteiger charge is -2.58. The molecule has 3 heteroatoms. The van der Waals surface area contributed by atoms with Gasteiger partial charge in [0.05, 0.1) is 18.5 Å². The van der Waals surface area contributed by atoms with Crippen molar-refractivity contribution >= 4 is 6.34 Å². The summed E-state index contributed by atoms with van der Waals surface area (Å²) in [5.74, 6) is 2.44. The van der Waals surface area contributed by atoms with Crippen molar-refractivity contribution in [3.63, 3.8) is 0 Å². The Balaban J connectivity index is 1.29. The van der Waals surface area contributed by atoms with Gasteiger partial charge < -0.3 is 9.64 Å². The molecule has 1 aliphatic heterocycles. The molecule has 2 saturated carbocycles. The molecule has 0 aromatic heterocycles. The minimum absolute atomic E-state index is 0.287. The fourth-order valence-electron chi connectivity index (χ4n) is 8.15. The predicted octanol–water partition coefficient (Wildman–Crippen LogP) is 6.01. The maximum Gasteiger partial charge on any atom is 0.0955 e. The second-order valence-corrected chi connectivity index (χ2v) is 11.0. The van der Waals surface area contributed by atoms with E-state index in [0.29, 0.717) is 17.6 Å². The van der Waals surface area contributed by atoms with Crippen LogP contribution in [0.15, 0.2) is 52.3 Å². The Morgan fingerprint density at radius 2 is 1.90 bits per heavy atom. The third-order valence-corrected chi connectivity index (χ3v) is 9.94. The number of hydrogen-bond donors (Lipinski definition) is 0. The number of fused-ring (bicyclic) bond motifs is 6. The summed E-state index contributed by atoms with van der Waals surface area (Å²) in [6.45, 7) is 5.15. The number of hydrogen-bond acceptors (Lipinski definition) is 3. The number of nitrogens with zero attached hydrogens (tertiary/aromatic N) is 2. The molecule has 0 bridgehead atoms. The highest BCUT2D eigenvalue weighted by Gasteiger charge is 2.57. The molecule has 7 atom stereocenters. The summed E-state index contributed by atoms with van der Waals surface area (Å²) in [7, 11) is 1.89. The van der Waals surface area contributed by atoms with Gasteiger partial charge in [0.1, 0.15) is 0 Å². The van der Waals surface area contributed by atoms with Crippen molar-refractivity contribution in [1.82, 2.24) is 4.90 Å². The Morgan fingerprint density at radius 3 is 2.77 bits per heavy atom. The van der Waals surface area contributed by atoms with Crippen LogP contribution in [0, 0.1) is 28.6 Å². The summed E-state index contributed by atoms with van der Waals surface area (Å²) in [4.78, 5) is 7.30. The van der Waals surface area contributed by atoms with Gasteiger partial charge >= 0.3 is 0 Å². The third kappa shape index (κ3) is 2.51. The van der Waals surface area contributed by atoms with Crippen LogP contribution in [0.3, 0.4) is 0 Å². The largest absolute Gasteiger partial charge is 0.381 e. The number of allylic oxidation sites excluding steroid dienone is 5. The molecule has 4 unspecified atom stereocenters. The molecule has 0 N–H and O–H groups in total. The molecule has 0 spiro atoms. The standard InChI is InChI=1S/C27H36N2O/c1-26-14-12-19(30-3)16-18(26)8-9-20-21-10-11-25(27(21,2)15-13-22(20)26)29-17-28-23-6-4-5-7-24(23)29/h4-5,7-8,11,17,19-23H,6,9-10,12-16H2,1-3H3/t19-,20?,21?,22?,23?,26-,27-/m0/s1. The van der Waals surface area contributed by atoms with Crippen LogP contribution in [0.4, 0.5) is 0 Å². The summed E-state index contributed by atoms with van der Waals surface area (Å²) in [6.07, 6.45) is 24.5. The summed E-state index contributed by atoms with van der Waals surface area (Å²) < 4.78 is 5.74. The highest BCUT2D eigenvalue weighted by atomic mass is 16.5. The van der Waals surface area contributed by atoms with Gasteiger partial charge in [0.2, 0.25) is 0 Å². The molecule has 6 rings (SSSR count). The molecule has 5 aliphatic carbocycles. The van der Waals surface area contributed by atoms with Crippen LogP contribution >= 0.6 is 0 Å². The highest BCUT2D eigenvalue weighted by Crippen LogP contribution is 2.65. The fraction of sp³-hybridized carbons (Fsp3) is 0.667. The zero-order valence-electron chi connectivity index (χ0n) is 18.8. The van der Waals surface area contributed by atoms with E-state index in [4.69, 9.17) is 9.73 Å². The van der Waals surface area contributed by atoms with Crippen molar-refractivity contribution in [2.45, 2.75) is 77.4 Å². The van der Waals surface area contributed by atoms with Crippen LogP contribution in [-0.4, -0.2) is 30.5 Å². The molecule has 3 nitrogen and oxygen atoms in total. The Labute approximate surface area is 181 Å². The Bertz CT molecular complexity index is 895. The van der Waals surface area contributed by atoms with E-state index in [9.17, 15) is 0 Å². The van der Waals surface area contributed by atoms with E-state index in [1.54, 1.807) is 11.3 Å². The zero-order chi connectivity index (χ0) is 20.5. The van der Waals surface area contributed by atoms with E-state index in [1.807, 2.05) is 7.11 Å². The summed E-state index contributed by atoms with van der Waals surface area (Å²) in [5.41, 5.74) is 5.34. The molecule has 0 saturated heterocycles. The monoisotopic (exact) mass is 404 g/mol. The Morgan fingerprint density at radius 1 is 1.03 bits per heavy atom. The smallest absolute Gasteiger partial charge is 0.0955 e. The molecule has 160 valence electrons. The lowest BCUT2D eigenvalue weighted by atomic mass is 9.47. The van der Waals surface area contributed by atoms with Gasteiger partial charge in [-0.2, -0.15) is 0 Å². The fourth-order valence-corrected chi connectivity index (χ4v) is 8.15. The molecule has 6 aliphatic rings. The first kappa shape index (κ1) is 19.1. The van der Waals surface area contributed by atoms with Crippen molar-refractivity contribution in [2.24, 2.45) is 33.6 Å². The Hall–Kier alpha value is -1.61. The second kappa shape index (κ2) is 6.69. The van der Waals surface area contributed by atoms with E-state index in [2.05, 4.69) is 55.5 Å². The SMILES string of the molecule is CO[C@H]1CC[C@@]2(C)C(=CCC3C2CC[C@]2(C)C(N4C=NC5CC=CC=C54)=CCC32)C1. The second-order valence-electron chi connectivity index (χ2n) is 11.0.